The smallest absolute Gasteiger partial charge is 0.416 e. The molecule has 8 nitrogen and oxygen atoms in total. The van der Waals surface area contributed by atoms with E-state index in [1.807, 2.05) is 49.4 Å². The number of ether oxygens (including phenoxy) is 2. The van der Waals surface area contributed by atoms with Gasteiger partial charge in [-0.15, -0.1) is 0 Å². The zero-order valence-electron chi connectivity index (χ0n) is 23.2. The largest absolute Gasteiger partial charge is 0.484 e. The molecular weight excluding hydrogens is 551 g/mol. The molecule has 1 aliphatic heterocycles. The van der Waals surface area contributed by atoms with Crippen LogP contribution in [0.4, 0.5) is 13.2 Å². The van der Waals surface area contributed by atoms with Gasteiger partial charge in [0.15, 0.2) is 6.61 Å². The molecule has 3 aromatic carbocycles. The first-order valence-corrected chi connectivity index (χ1v) is 13.4. The van der Waals surface area contributed by atoms with Crippen LogP contribution in [0.25, 0.3) is 0 Å². The Bertz CT molecular complexity index is 1370. The SMILES string of the molecule is Cc1cc(CC(=NOCc2ccc(C(F)(F)F)cc2)c2ccccc2)ccc1OCC(=O)NCC(=O)N1CCOCC1. The van der Waals surface area contributed by atoms with E-state index in [4.69, 9.17) is 14.3 Å². The highest BCUT2D eigenvalue weighted by atomic mass is 19.4. The zero-order valence-corrected chi connectivity index (χ0v) is 23.2. The third-order valence-corrected chi connectivity index (χ3v) is 6.56. The lowest BCUT2D eigenvalue weighted by Gasteiger charge is -2.26. The van der Waals surface area contributed by atoms with Crippen LogP contribution < -0.4 is 10.1 Å². The molecular formula is C31H32F3N3O5. The van der Waals surface area contributed by atoms with Crippen LogP contribution in [0, 0.1) is 6.92 Å². The number of amides is 2. The van der Waals surface area contributed by atoms with Gasteiger partial charge in [-0.1, -0.05) is 59.8 Å². The van der Waals surface area contributed by atoms with Crippen LogP contribution in [0.3, 0.4) is 0 Å². The van der Waals surface area contributed by atoms with Crippen LogP contribution in [0.5, 0.6) is 5.75 Å². The average molecular weight is 584 g/mol. The van der Waals surface area contributed by atoms with Gasteiger partial charge in [0.2, 0.25) is 5.91 Å². The van der Waals surface area contributed by atoms with Crippen molar-refractivity contribution >= 4 is 17.5 Å². The molecule has 2 amide bonds. The molecule has 1 fully saturated rings. The topological polar surface area (TPSA) is 89.5 Å². The Hall–Kier alpha value is -4.38. The second kappa shape index (κ2) is 14.5. The van der Waals surface area contributed by atoms with Gasteiger partial charge in [-0.05, 0) is 47.4 Å². The normalized spacial score (nSPS) is 13.9. The Balaban J connectivity index is 1.33. The number of hydrogen-bond acceptors (Lipinski definition) is 6. The van der Waals surface area contributed by atoms with Crippen molar-refractivity contribution in [3.63, 3.8) is 0 Å². The number of oxime groups is 1. The van der Waals surface area contributed by atoms with Crippen LogP contribution >= 0.6 is 0 Å². The molecule has 0 aromatic heterocycles. The number of hydrogen-bond donors (Lipinski definition) is 1. The van der Waals surface area contributed by atoms with E-state index >= 15 is 0 Å². The maximum Gasteiger partial charge on any atom is 0.416 e. The summed E-state index contributed by atoms with van der Waals surface area (Å²) in [6, 6.07) is 19.7. The number of carbonyl (C=O) groups excluding carboxylic acids is 2. The van der Waals surface area contributed by atoms with E-state index < -0.39 is 17.6 Å². The Morgan fingerprint density at radius 1 is 0.976 bits per heavy atom. The molecule has 0 unspecified atom stereocenters. The minimum Gasteiger partial charge on any atom is -0.484 e. The fraction of sp³-hybridized carbons (Fsp3) is 0.323. The van der Waals surface area contributed by atoms with Gasteiger partial charge in [0.05, 0.1) is 31.0 Å². The minimum atomic E-state index is -4.40. The number of rotatable bonds is 11. The van der Waals surface area contributed by atoms with Gasteiger partial charge in [-0.2, -0.15) is 13.2 Å². The van der Waals surface area contributed by atoms with Gasteiger partial charge in [-0.3, -0.25) is 9.59 Å². The predicted octanol–water partition coefficient (Wildman–Crippen LogP) is 4.53. The van der Waals surface area contributed by atoms with E-state index in [-0.39, 0.29) is 25.7 Å². The molecule has 1 aliphatic rings. The van der Waals surface area contributed by atoms with Gasteiger partial charge in [0, 0.05) is 19.5 Å². The Morgan fingerprint density at radius 2 is 1.67 bits per heavy atom. The van der Waals surface area contributed by atoms with E-state index in [1.54, 1.807) is 11.0 Å². The Kier molecular flexibility index (Phi) is 10.6. The van der Waals surface area contributed by atoms with Crippen molar-refractivity contribution in [1.82, 2.24) is 10.2 Å². The van der Waals surface area contributed by atoms with Gasteiger partial charge in [0.1, 0.15) is 12.4 Å². The number of carbonyl (C=O) groups is 2. The van der Waals surface area contributed by atoms with Crippen molar-refractivity contribution in [2.45, 2.75) is 26.1 Å². The predicted molar refractivity (Wildman–Crippen MR) is 150 cm³/mol. The summed E-state index contributed by atoms with van der Waals surface area (Å²) >= 11 is 0. The number of halogens is 3. The molecule has 4 rings (SSSR count). The number of benzene rings is 3. The molecule has 0 spiro atoms. The van der Waals surface area contributed by atoms with Gasteiger partial charge < -0.3 is 24.5 Å². The van der Waals surface area contributed by atoms with Gasteiger partial charge in [-0.25, -0.2) is 0 Å². The van der Waals surface area contributed by atoms with Crippen LogP contribution in [-0.2, 0) is 38.4 Å². The van der Waals surface area contributed by atoms with Crippen molar-refractivity contribution in [3.05, 3.63) is 101 Å². The Morgan fingerprint density at radius 3 is 2.33 bits per heavy atom. The lowest BCUT2D eigenvalue weighted by Crippen LogP contribution is -2.46. The van der Waals surface area contributed by atoms with Gasteiger partial charge >= 0.3 is 6.18 Å². The summed E-state index contributed by atoms with van der Waals surface area (Å²) in [4.78, 5) is 31.6. The monoisotopic (exact) mass is 583 g/mol. The summed E-state index contributed by atoms with van der Waals surface area (Å²) in [6.07, 6.45) is -3.98. The third kappa shape index (κ3) is 9.07. The van der Waals surface area contributed by atoms with E-state index in [1.165, 1.54) is 12.1 Å². The summed E-state index contributed by atoms with van der Waals surface area (Å²) in [5.74, 6) is -0.0275. The number of nitrogens with zero attached hydrogens (tertiary/aromatic N) is 2. The number of morpholine rings is 1. The standard InChI is InChI=1S/C31H32F3N3O5/c1-22-17-24(9-12-28(22)41-21-29(38)35-19-30(39)37-13-15-40-16-14-37)18-27(25-5-3-2-4-6-25)36-42-20-23-7-10-26(11-8-23)31(32,33)34/h2-12,17H,13-16,18-21H2,1H3,(H,35,38). The summed E-state index contributed by atoms with van der Waals surface area (Å²) in [7, 11) is 0. The first kappa shape index (κ1) is 30.6. The molecule has 0 aliphatic carbocycles. The second-order valence-electron chi connectivity index (χ2n) is 9.71. The number of aryl methyl sites for hydroxylation is 1. The lowest BCUT2D eigenvalue weighted by molar-refractivity contribution is -0.137. The lowest BCUT2D eigenvalue weighted by atomic mass is 10.0. The molecule has 1 N–H and O–H groups in total. The number of alkyl halides is 3. The van der Waals surface area contributed by atoms with Crippen molar-refractivity contribution in [2.24, 2.45) is 5.16 Å². The zero-order chi connectivity index (χ0) is 30.0. The van der Waals surface area contributed by atoms with Crippen LogP contribution in [0.2, 0.25) is 0 Å². The molecule has 0 atom stereocenters. The van der Waals surface area contributed by atoms with Crippen molar-refractivity contribution in [2.75, 3.05) is 39.5 Å². The molecule has 42 heavy (non-hydrogen) atoms. The maximum atomic E-state index is 12.8. The highest BCUT2D eigenvalue weighted by molar-refractivity contribution is 6.01. The van der Waals surface area contributed by atoms with Gasteiger partial charge in [0.25, 0.3) is 5.91 Å². The van der Waals surface area contributed by atoms with Crippen molar-refractivity contribution < 1.29 is 37.1 Å². The van der Waals surface area contributed by atoms with Crippen molar-refractivity contribution in [3.8, 4) is 5.75 Å². The molecule has 0 radical (unpaired) electrons. The highest BCUT2D eigenvalue weighted by Gasteiger charge is 2.29. The maximum absolute atomic E-state index is 12.8. The van der Waals surface area contributed by atoms with E-state index in [2.05, 4.69) is 10.5 Å². The quantitative estimate of drug-likeness (QED) is 0.265. The first-order chi connectivity index (χ1) is 20.2. The second-order valence-corrected chi connectivity index (χ2v) is 9.71. The summed E-state index contributed by atoms with van der Waals surface area (Å²) < 4.78 is 49.4. The molecule has 1 heterocycles. The van der Waals surface area contributed by atoms with Crippen molar-refractivity contribution in [1.29, 1.82) is 0 Å². The fourth-order valence-electron chi connectivity index (χ4n) is 4.26. The molecule has 1 saturated heterocycles. The van der Waals surface area contributed by atoms with Crippen LogP contribution in [-0.4, -0.2) is 61.9 Å². The average Bonchev–Trinajstić information content (AvgIpc) is 2.99. The van der Waals surface area contributed by atoms with E-state index in [0.29, 0.717) is 49.7 Å². The highest BCUT2D eigenvalue weighted by Crippen LogP contribution is 2.29. The summed E-state index contributed by atoms with van der Waals surface area (Å²) in [5.41, 5.74) is 3.04. The summed E-state index contributed by atoms with van der Waals surface area (Å²) in [5, 5.41) is 6.90. The van der Waals surface area contributed by atoms with E-state index in [0.717, 1.165) is 28.8 Å². The molecule has 3 aromatic rings. The number of nitrogens with one attached hydrogen (secondary N) is 1. The molecule has 11 heteroatoms. The Labute approximate surface area is 242 Å². The molecule has 0 bridgehead atoms. The minimum absolute atomic E-state index is 0.0143. The molecule has 0 saturated carbocycles. The fourth-order valence-corrected chi connectivity index (χ4v) is 4.26. The first-order valence-electron chi connectivity index (χ1n) is 13.4. The third-order valence-electron chi connectivity index (χ3n) is 6.56. The molecule has 222 valence electrons. The van der Waals surface area contributed by atoms with Crippen LogP contribution in [0.1, 0.15) is 27.8 Å². The van der Waals surface area contributed by atoms with Crippen LogP contribution in [0.15, 0.2) is 78.0 Å². The summed E-state index contributed by atoms with van der Waals surface area (Å²) in [6.45, 7) is 3.56. The van der Waals surface area contributed by atoms with E-state index in [9.17, 15) is 22.8 Å².